The summed E-state index contributed by atoms with van der Waals surface area (Å²) >= 11 is 0. The summed E-state index contributed by atoms with van der Waals surface area (Å²) in [6.45, 7) is 0. The molecule has 0 spiro atoms. The van der Waals surface area contributed by atoms with Crippen molar-refractivity contribution in [2.45, 2.75) is 4.90 Å². The van der Waals surface area contributed by atoms with Gasteiger partial charge in [0.15, 0.2) is 12.1 Å². The second-order valence-corrected chi connectivity index (χ2v) is 7.46. The van der Waals surface area contributed by atoms with E-state index in [-0.39, 0.29) is 39.3 Å². The summed E-state index contributed by atoms with van der Waals surface area (Å²) in [5, 5.41) is 34.4. The minimum Gasteiger partial charge on any atom is -0.507 e. The number of phenols is 2. The number of azo groups is 1. The normalized spacial score (nSPS) is 11.4. The van der Waals surface area contributed by atoms with Gasteiger partial charge >= 0.3 is 0 Å². The van der Waals surface area contributed by atoms with E-state index in [0.29, 0.717) is 12.0 Å². The van der Waals surface area contributed by atoms with Crippen LogP contribution in [0.4, 0.5) is 17.2 Å². The Labute approximate surface area is 170 Å². The number of rotatable bonds is 7. The summed E-state index contributed by atoms with van der Waals surface area (Å²) in [5.41, 5.74) is 0.195. The first-order valence-electron chi connectivity index (χ1n) is 8.26. The van der Waals surface area contributed by atoms with Crippen LogP contribution >= 0.6 is 0 Å². The first-order valence-corrected chi connectivity index (χ1v) is 9.74. The Hall–Kier alpha value is -4.06. The Morgan fingerprint density at radius 1 is 1.00 bits per heavy atom. The van der Waals surface area contributed by atoms with E-state index in [2.05, 4.69) is 25.1 Å². The molecular weight excluding hydrogens is 414 g/mol. The molecule has 1 aromatic heterocycles. The van der Waals surface area contributed by atoms with Crippen LogP contribution in [0.3, 0.4) is 0 Å². The van der Waals surface area contributed by atoms with Crippen LogP contribution < -0.4 is 9.46 Å². The van der Waals surface area contributed by atoms with E-state index in [1.807, 2.05) is 0 Å². The van der Waals surface area contributed by atoms with Crippen LogP contribution in [0, 0.1) is 0 Å². The van der Waals surface area contributed by atoms with Crippen LogP contribution in [0.5, 0.6) is 17.4 Å². The highest BCUT2D eigenvalue weighted by atomic mass is 32.2. The van der Waals surface area contributed by atoms with Crippen LogP contribution in [0.25, 0.3) is 0 Å². The lowest BCUT2D eigenvalue weighted by Gasteiger charge is -2.07. The average molecular weight is 429 g/mol. The predicted octanol–water partition coefficient (Wildman–Crippen LogP) is 2.93. The highest BCUT2D eigenvalue weighted by molar-refractivity contribution is 7.92. The Morgan fingerprint density at radius 2 is 1.73 bits per heavy atom. The number of anilines is 1. The third-order valence-electron chi connectivity index (χ3n) is 3.76. The van der Waals surface area contributed by atoms with Gasteiger partial charge in [0.1, 0.15) is 17.2 Å². The minimum absolute atomic E-state index is 0.0216. The number of nitrogens with zero attached hydrogens (tertiary/aromatic N) is 4. The molecule has 0 fully saturated rings. The van der Waals surface area contributed by atoms with E-state index in [1.165, 1.54) is 49.6 Å². The maximum absolute atomic E-state index is 12.4. The molecule has 12 heteroatoms. The molecule has 3 aromatic rings. The van der Waals surface area contributed by atoms with E-state index >= 15 is 0 Å². The zero-order chi connectivity index (χ0) is 21.7. The van der Waals surface area contributed by atoms with Gasteiger partial charge in [0.2, 0.25) is 5.88 Å². The molecule has 0 aliphatic rings. The van der Waals surface area contributed by atoms with E-state index in [4.69, 9.17) is 4.74 Å². The number of aromatic nitrogens is 2. The maximum atomic E-state index is 12.4. The monoisotopic (exact) mass is 429 g/mol. The molecule has 1 heterocycles. The highest BCUT2D eigenvalue weighted by Gasteiger charge is 2.15. The van der Waals surface area contributed by atoms with Crippen molar-refractivity contribution < 1.29 is 28.2 Å². The SMILES string of the molecule is COc1ccc(NS(=O)(=O)c2ccc(N=Nc3cc(C=O)c(O)cc3O)cc2)nn1. The van der Waals surface area contributed by atoms with Crippen molar-refractivity contribution >= 4 is 33.5 Å². The van der Waals surface area contributed by atoms with Crippen molar-refractivity contribution in [2.24, 2.45) is 10.2 Å². The Balaban J connectivity index is 1.77. The molecule has 30 heavy (non-hydrogen) atoms. The maximum Gasteiger partial charge on any atom is 0.263 e. The zero-order valence-electron chi connectivity index (χ0n) is 15.4. The van der Waals surface area contributed by atoms with Gasteiger partial charge in [0.05, 0.1) is 23.3 Å². The lowest BCUT2D eigenvalue weighted by molar-refractivity contribution is 0.112. The molecule has 0 aliphatic carbocycles. The number of methoxy groups -OCH3 is 1. The Bertz CT molecular complexity index is 1190. The summed E-state index contributed by atoms with van der Waals surface area (Å²) in [5.74, 6) is -0.489. The molecular formula is C18H15N5O6S. The number of ether oxygens (including phenoxy) is 1. The van der Waals surface area contributed by atoms with Gasteiger partial charge in [-0.05, 0) is 36.4 Å². The molecule has 0 unspecified atom stereocenters. The fourth-order valence-electron chi connectivity index (χ4n) is 2.24. The zero-order valence-corrected chi connectivity index (χ0v) is 16.2. The number of aromatic hydroxyl groups is 2. The molecule has 154 valence electrons. The van der Waals surface area contributed by atoms with E-state index in [9.17, 15) is 23.4 Å². The number of carbonyl (C=O) groups is 1. The van der Waals surface area contributed by atoms with Crippen molar-refractivity contribution in [2.75, 3.05) is 11.8 Å². The summed E-state index contributed by atoms with van der Waals surface area (Å²) < 4.78 is 32.0. The lowest BCUT2D eigenvalue weighted by atomic mass is 10.2. The summed E-state index contributed by atoms with van der Waals surface area (Å²) in [6, 6.07) is 10.4. The number of benzene rings is 2. The largest absolute Gasteiger partial charge is 0.507 e. The highest BCUT2D eigenvalue weighted by Crippen LogP contribution is 2.34. The Kier molecular flexibility index (Phi) is 5.88. The number of aldehydes is 1. The van der Waals surface area contributed by atoms with E-state index < -0.39 is 10.0 Å². The van der Waals surface area contributed by atoms with Gasteiger partial charge in [0, 0.05) is 12.1 Å². The number of nitrogens with one attached hydrogen (secondary N) is 1. The fraction of sp³-hybridized carbons (Fsp3) is 0.0556. The van der Waals surface area contributed by atoms with E-state index in [1.54, 1.807) is 0 Å². The van der Waals surface area contributed by atoms with Gasteiger partial charge in [-0.3, -0.25) is 9.52 Å². The summed E-state index contributed by atoms with van der Waals surface area (Å²) in [7, 11) is -2.50. The molecule has 0 atom stereocenters. The molecule has 0 aliphatic heterocycles. The van der Waals surface area contributed by atoms with Crippen LogP contribution in [0.2, 0.25) is 0 Å². The lowest BCUT2D eigenvalue weighted by Crippen LogP contribution is -2.14. The van der Waals surface area contributed by atoms with E-state index in [0.717, 1.165) is 6.07 Å². The second kappa shape index (κ2) is 8.53. The van der Waals surface area contributed by atoms with Gasteiger partial charge in [-0.15, -0.1) is 15.3 Å². The van der Waals surface area contributed by atoms with Crippen molar-refractivity contribution in [1.29, 1.82) is 0 Å². The van der Waals surface area contributed by atoms with Crippen molar-refractivity contribution in [3.8, 4) is 17.4 Å². The van der Waals surface area contributed by atoms with Gasteiger partial charge < -0.3 is 14.9 Å². The van der Waals surface area contributed by atoms with Gasteiger partial charge in [0.25, 0.3) is 10.0 Å². The predicted molar refractivity (Wildman–Crippen MR) is 105 cm³/mol. The smallest absolute Gasteiger partial charge is 0.263 e. The van der Waals surface area contributed by atoms with Crippen LogP contribution in [0.15, 0.2) is 63.7 Å². The molecule has 3 rings (SSSR count). The summed E-state index contributed by atoms with van der Waals surface area (Å²) in [4.78, 5) is 10.8. The quantitative estimate of drug-likeness (QED) is 0.381. The number of hydrogen-bond donors (Lipinski definition) is 3. The average Bonchev–Trinajstić information content (AvgIpc) is 2.74. The third-order valence-corrected chi connectivity index (χ3v) is 5.13. The molecule has 0 bridgehead atoms. The minimum atomic E-state index is -3.91. The molecule has 2 aromatic carbocycles. The second-order valence-electron chi connectivity index (χ2n) is 5.78. The third kappa shape index (κ3) is 4.67. The number of sulfonamides is 1. The topological polar surface area (TPSA) is 163 Å². The van der Waals surface area contributed by atoms with Gasteiger partial charge in [-0.25, -0.2) is 8.42 Å². The fourth-order valence-corrected chi connectivity index (χ4v) is 3.24. The first-order chi connectivity index (χ1) is 14.3. The van der Waals surface area contributed by atoms with Crippen molar-refractivity contribution in [1.82, 2.24) is 10.2 Å². The number of phenolic OH excluding ortho intramolecular Hbond substituents is 2. The molecule has 3 N–H and O–H groups in total. The van der Waals surface area contributed by atoms with Gasteiger partial charge in [-0.2, -0.15) is 5.11 Å². The van der Waals surface area contributed by atoms with Crippen LogP contribution in [-0.2, 0) is 10.0 Å². The first kappa shape index (κ1) is 20.7. The number of hydrogen-bond acceptors (Lipinski definition) is 10. The molecule has 0 radical (unpaired) electrons. The molecule has 11 nitrogen and oxygen atoms in total. The van der Waals surface area contributed by atoms with Gasteiger partial charge in [-0.1, -0.05) is 0 Å². The van der Waals surface area contributed by atoms with Crippen LogP contribution in [0.1, 0.15) is 10.4 Å². The van der Waals surface area contributed by atoms with Crippen molar-refractivity contribution in [3.63, 3.8) is 0 Å². The summed E-state index contributed by atoms with van der Waals surface area (Å²) in [6.07, 6.45) is 0.410. The molecule has 0 amide bonds. The number of carbonyl (C=O) groups excluding carboxylic acids is 1. The molecule has 0 saturated heterocycles. The standard InChI is InChI=1S/C18H15N5O6S/c1-29-18-7-6-17(21-22-18)23-30(27,28)13-4-2-12(3-5-13)19-20-14-8-11(10-24)15(25)9-16(14)26/h2-10,25-26H,1H3,(H,21,23). The van der Waals surface area contributed by atoms with Crippen LogP contribution in [-0.4, -0.2) is 42.2 Å². The van der Waals surface area contributed by atoms with Crippen molar-refractivity contribution in [3.05, 3.63) is 54.1 Å². The molecule has 0 saturated carbocycles. The Morgan fingerprint density at radius 3 is 2.33 bits per heavy atom.